The number of esters is 2. The molecule has 3 aromatic rings. The van der Waals surface area contributed by atoms with Gasteiger partial charge in [-0.15, -0.1) is 0 Å². The van der Waals surface area contributed by atoms with Crippen molar-refractivity contribution < 1.29 is 28.6 Å². The number of ether oxygens (including phenoxy) is 3. The van der Waals surface area contributed by atoms with Crippen LogP contribution in [0.4, 0.5) is 0 Å². The Morgan fingerprint density at radius 1 is 1.00 bits per heavy atom. The van der Waals surface area contributed by atoms with E-state index in [4.69, 9.17) is 25.8 Å². The molecule has 31 heavy (non-hydrogen) atoms. The van der Waals surface area contributed by atoms with Gasteiger partial charge in [-0.25, -0.2) is 4.79 Å². The highest BCUT2D eigenvalue weighted by Crippen LogP contribution is 2.31. The summed E-state index contributed by atoms with van der Waals surface area (Å²) in [5, 5.41) is 1.22. The van der Waals surface area contributed by atoms with Crippen LogP contribution >= 0.6 is 11.6 Å². The number of carbonyl (C=O) groups is 3. The number of rotatable bonds is 7. The van der Waals surface area contributed by atoms with Gasteiger partial charge in [0.1, 0.15) is 5.75 Å². The number of hydrogen-bond donors (Lipinski definition) is 0. The van der Waals surface area contributed by atoms with Gasteiger partial charge in [-0.05, 0) is 61.9 Å². The van der Waals surface area contributed by atoms with Crippen molar-refractivity contribution in [3.8, 4) is 5.75 Å². The summed E-state index contributed by atoms with van der Waals surface area (Å²) in [6.07, 6.45) is -0.115. The largest absolute Gasteiger partial charge is 0.497 e. The Balaban J connectivity index is 1.99. The van der Waals surface area contributed by atoms with E-state index in [-0.39, 0.29) is 18.9 Å². The van der Waals surface area contributed by atoms with E-state index in [1.165, 1.54) is 7.11 Å². The molecule has 8 heteroatoms. The number of halogens is 1. The Morgan fingerprint density at radius 3 is 2.35 bits per heavy atom. The maximum atomic E-state index is 13.2. The molecule has 0 atom stereocenters. The lowest BCUT2D eigenvalue weighted by molar-refractivity contribution is -0.158. The smallest absolute Gasteiger partial charge is 0.344 e. The summed E-state index contributed by atoms with van der Waals surface area (Å²) in [5.41, 5.74) is 2.30. The fourth-order valence-corrected chi connectivity index (χ4v) is 3.46. The molecule has 1 aromatic heterocycles. The topological polar surface area (TPSA) is 83.8 Å². The number of hydrogen-bond acceptors (Lipinski definition) is 6. The van der Waals surface area contributed by atoms with Crippen LogP contribution in [0.1, 0.15) is 28.5 Å². The molecule has 0 amide bonds. The van der Waals surface area contributed by atoms with Crippen LogP contribution in [0.5, 0.6) is 5.75 Å². The van der Waals surface area contributed by atoms with E-state index >= 15 is 0 Å². The van der Waals surface area contributed by atoms with Crippen molar-refractivity contribution in [2.75, 3.05) is 20.3 Å². The van der Waals surface area contributed by atoms with Crippen LogP contribution in [0.2, 0.25) is 5.02 Å². The summed E-state index contributed by atoms with van der Waals surface area (Å²) in [7, 11) is 1.54. The first kappa shape index (κ1) is 22.4. The summed E-state index contributed by atoms with van der Waals surface area (Å²) in [6.45, 7) is 3.17. The summed E-state index contributed by atoms with van der Waals surface area (Å²) in [6, 6.07) is 11.9. The second kappa shape index (κ2) is 9.66. The minimum absolute atomic E-state index is 0.115. The highest BCUT2D eigenvalue weighted by atomic mass is 35.5. The first-order valence-electron chi connectivity index (χ1n) is 9.65. The fraction of sp³-hybridized carbons (Fsp3) is 0.261. The van der Waals surface area contributed by atoms with Gasteiger partial charge in [-0.3, -0.25) is 14.2 Å². The maximum Gasteiger partial charge on any atom is 0.344 e. The number of benzene rings is 2. The van der Waals surface area contributed by atoms with Crippen molar-refractivity contribution in [3.63, 3.8) is 0 Å². The third-order valence-corrected chi connectivity index (χ3v) is 5.07. The van der Waals surface area contributed by atoms with Gasteiger partial charge >= 0.3 is 11.9 Å². The summed E-state index contributed by atoms with van der Waals surface area (Å²) >= 11 is 5.94. The van der Waals surface area contributed by atoms with Gasteiger partial charge in [0, 0.05) is 21.7 Å². The van der Waals surface area contributed by atoms with Gasteiger partial charge < -0.3 is 14.2 Å². The van der Waals surface area contributed by atoms with Crippen LogP contribution < -0.4 is 4.74 Å². The number of methoxy groups -OCH3 is 1. The molecule has 3 rings (SSSR count). The lowest BCUT2D eigenvalue weighted by Gasteiger charge is -2.08. The molecule has 1 heterocycles. The number of aromatic nitrogens is 1. The first-order valence-corrected chi connectivity index (χ1v) is 10.0. The Bertz CT molecular complexity index is 1130. The Kier molecular flexibility index (Phi) is 6.97. The van der Waals surface area contributed by atoms with Crippen molar-refractivity contribution in [3.05, 3.63) is 64.3 Å². The van der Waals surface area contributed by atoms with E-state index in [1.54, 1.807) is 60.9 Å². The monoisotopic (exact) mass is 443 g/mol. The predicted molar refractivity (Wildman–Crippen MR) is 116 cm³/mol. The molecule has 0 saturated heterocycles. The Morgan fingerprint density at radius 2 is 1.71 bits per heavy atom. The number of nitrogens with zero attached hydrogens (tertiary/aromatic N) is 1. The Labute approximate surface area is 184 Å². The van der Waals surface area contributed by atoms with Gasteiger partial charge in [0.2, 0.25) is 0 Å². The molecule has 0 unspecified atom stereocenters. The van der Waals surface area contributed by atoms with E-state index in [1.807, 2.05) is 0 Å². The maximum absolute atomic E-state index is 13.2. The fourth-order valence-electron chi connectivity index (χ4n) is 3.33. The molecule has 2 aromatic carbocycles. The predicted octanol–water partition coefficient (Wildman–Crippen LogP) is 3.95. The highest BCUT2D eigenvalue weighted by molar-refractivity contribution is 6.30. The molecule has 7 nitrogen and oxygen atoms in total. The van der Waals surface area contributed by atoms with Crippen molar-refractivity contribution >= 4 is 40.3 Å². The van der Waals surface area contributed by atoms with Crippen molar-refractivity contribution in [2.24, 2.45) is 0 Å². The molecule has 0 aliphatic heterocycles. The first-order chi connectivity index (χ1) is 14.8. The van der Waals surface area contributed by atoms with Gasteiger partial charge in [0.25, 0.3) is 5.91 Å². The quantitative estimate of drug-likeness (QED) is 0.514. The van der Waals surface area contributed by atoms with E-state index in [0.717, 1.165) is 0 Å². The number of fused-ring (bicyclic) bond motifs is 1. The van der Waals surface area contributed by atoms with E-state index in [9.17, 15) is 14.4 Å². The van der Waals surface area contributed by atoms with Gasteiger partial charge in [0.15, 0.2) is 6.61 Å². The molecule has 0 spiro atoms. The molecular weight excluding hydrogens is 422 g/mol. The molecule has 0 aliphatic rings. The molecule has 0 fully saturated rings. The molecule has 0 radical (unpaired) electrons. The average molecular weight is 444 g/mol. The van der Waals surface area contributed by atoms with Crippen LogP contribution in [0, 0.1) is 6.92 Å². The van der Waals surface area contributed by atoms with Gasteiger partial charge in [-0.2, -0.15) is 0 Å². The van der Waals surface area contributed by atoms with Crippen molar-refractivity contribution in [1.82, 2.24) is 4.57 Å². The normalized spacial score (nSPS) is 10.7. The third kappa shape index (κ3) is 4.88. The molecule has 162 valence electrons. The standard InChI is InChI=1S/C23H22ClNO6/c1-4-30-22(27)13-31-21(26)12-18-14(2)25(20-10-9-17(29-3)11-19(18)20)23(28)15-5-7-16(24)8-6-15/h5-11H,4,12-13H2,1-3H3. The average Bonchev–Trinajstić information content (AvgIpc) is 3.03. The van der Waals surface area contributed by atoms with Crippen LogP contribution in [0.15, 0.2) is 42.5 Å². The minimum Gasteiger partial charge on any atom is -0.497 e. The summed E-state index contributed by atoms with van der Waals surface area (Å²) in [4.78, 5) is 37.1. The van der Waals surface area contributed by atoms with E-state index < -0.39 is 18.5 Å². The molecule has 0 saturated carbocycles. The summed E-state index contributed by atoms with van der Waals surface area (Å²) in [5.74, 6) is -0.883. The van der Waals surface area contributed by atoms with Crippen LogP contribution in [-0.2, 0) is 25.5 Å². The van der Waals surface area contributed by atoms with Crippen LogP contribution in [0.25, 0.3) is 10.9 Å². The number of carbonyl (C=O) groups excluding carboxylic acids is 3. The van der Waals surface area contributed by atoms with Gasteiger partial charge in [0.05, 0.1) is 25.7 Å². The minimum atomic E-state index is -0.616. The molecular formula is C23H22ClNO6. The zero-order valence-corrected chi connectivity index (χ0v) is 18.2. The lowest BCUT2D eigenvalue weighted by Crippen LogP contribution is -2.18. The SMILES string of the molecule is CCOC(=O)COC(=O)Cc1c(C)n(C(=O)c2ccc(Cl)cc2)c2ccc(OC)cc12. The zero-order valence-electron chi connectivity index (χ0n) is 17.4. The van der Waals surface area contributed by atoms with E-state index in [2.05, 4.69) is 0 Å². The second-order valence-electron chi connectivity index (χ2n) is 6.74. The molecule has 0 bridgehead atoms. The molecule has 0 N–H and O–H groups in total. The highest BCUT2D eigenvalue weighted by Gasteiger charge is 2.23. The lowest BCUT2D eigenvalue weighted by atomic mass is 10.1. The van der Waals surface area contributed by atoms with Crippen LogP contribution in [0.3, 0.4) is 0 Å². The van der Waals surface area contributed by atoms with Crippen molar-refractivity contribution in [2.45, 2.75) is 20.3 Å². The summed E-state index contributed by atoms with van der Waals surface area (Å²) < 4.78 is 16.7. The van der Waals surface area contributed by atoms with Gasteiger partial charge in [-0.1, -0.05) is 11.6 Å². The zero-order chi connectivity index (χ0) is 22.5. The molecule has 0 aliphatic carbocycles. The van der Waals surface area contributed by atoms with E-state index in [0.29, 0.717) is 38.5 Å². The van der Waals surface area contributed by atoms with Crippen molar-refractivity contribution in [1.29, 1.82) is 0 Å². The third-order valence-electron chi connectivity index (χ3n) is 4.81. The van der Waals surface area contributed by atoms with Crippen LogP contribution in [-0.4, -0.2) is 42.7 Å². The Hall–Kier alpha value is -3.32. The second-order valence-corrected chi connectivity index (χ2v) is 7.17.